The Bertz CT molecular complexity index is 1200. The van der Waals surface area contributed by atoms with Crippen molar-refractivity contribution in [2.45, 2.75) is 405 Å². The minimum Gasteiger partial charge on any atom is -0.466 e. The summed E-state index contributed by atoms with van der Waals surface area (Å²) in [5.41, 5.74) is 0. The lowest BCUT2D eigenvalue weighted by Gasteiger charge is -2.22. The maximum Gasteiger partial charge on any atom is 0.305 e. The SMILES string of the molecule is CCCCCCCCC/C=C\CCCCCCCCCC(=O)OCCCCCCCCCCCCCC/C=C\CCCCCCCCCCCCC(=O)NC(CO)C(O)CCCCCCCCCCCCCCCCCC. The number of esters is 1. The first-order chi connectivity index (χ1) is 38.0. The maximum atomic E-state index is 12.5. The van der Waals surface area contributed by atoms with Crippen LogP contribution in [0.15, 0.2) is 24.3 Å². The number of carbonyl (C=O) groups excluding carboxylic acids is 2. The normalized spacial score (nSPS) is 12.6. The van der Waals surface area contributed by atoms with E-state index in [0.29, 0.717) is 25.9 Å². The lowest BCUT2D eigenvalue weighted by atomic mass is 10.0. The summed E-state index contributed by atoms with van der Waals surface area (Å²) in [6.45, 7) is 4.98. The molecule has 0 heterocycles. The van der Waals surface area contributed by atoms with Gasteiger partial charge in [-0.1, -0.05) is 327 Å². The molecular formula is C71H137NO5. The van der Waals surface area contributed by atoms with Gasteiger partial charge in [-0.05, 0) is 77.0 Å². The highest BCUT2D eigenvalue weighted by Crippen LogP contribution is 2.18. The topological polar surface area (TPSA) is 95.9 Å². The van der Waals surface area contributed by atoms with E-state index in [1.807, 2.05) is 0 Å². The molecule has 0 fully saturated rings. The number of amides is 1. The first-order valence-corrected chi connectivity index (χ1v) is 35.1. The number of unbranched alkanes of at least 4 members (excludes halogenated alkanes) is 51. The van der Waals surface area contributed by atoms with Crippen LogP contribution < -0.4 is 5.32 Å². The van der Waals surface area contributed by atoms with Crippen molar-refractivity contribution >= 4 is 11.9 Å². The van der Waals surface area contributed by atoms with Gasteiger partial charge in [0.15, 0.2) is 0 Å². The van der Waals surface area contributed by atoms with Gasteiger partial charge in [-0.3, -0.25) is 9.59 Å². The predicted octanol–water partition coefficient (Wildman–Crippen LogP) is 22.5. The molecule has 0 aromatic rings. The maximum absolute atomic E-state index is 12.5. The third-order valence-corrected chi connectivity index (χ3v) is 16.5. The summed E-state index contributed by atoms with van der Waals surface area (Å²) in [6.07, 6.45) is 83.6. The van der Waals surface area contributed by atoms with Crippen molar-refractivity contribution in [2.24, 2.45) is 0 Å². The number of nitrogens with one attached hydrogen (secondary N) is 1. The molecule has 3 N–H and O–H groups in total. The molecule has 0 saturated carbocycles. The van der Waals surface area contributed by atoms with Crippen LogP contribution in [0, 0.1) is 0 Å². The average Bonchev–Trinajstić information content (AvgIpc) is 3.43. The van der Waals surface area contributed by atoms with E-state index in [4.69, 9.17) is 4.74 Å². The number of carbonyl (C=O) groups is 2. The molecule has 0 saturated heterocycles. The quantitative estimate of drug-likeness (QED) is 0.0320. The summed E-state index contributed by atoms with van der Waals surface area (Å²) in [5, 5.41) is 23.3. The third-order valence-electron chi connectivity index (χ3n) is 16.5. The van der Waals surface area contributed by atoms with Gasteiger partial charge in [0.1, 0.15) is 0 Å². The minimum atomic E-state index is -0.665. The number of hydrogen-bond acceptors (Lipinski definition) is 5. The largest absolute Gasteiger partial charge is 0.466 e. The predicted molar refractivity (Wildman–Crippen MR) is 338 cm³/mol. The van der Waals surface area contributed by atoms with E-state index in [9.17, 15) is 19.8 Å². The number of ether oxygens (including phenoxy) is 1. The lowest BCUT2D eigenvalue weighted by molar-refractivity contribution is -0.143. The highest BCUT2D eigenvalue weighted by atomic mass is 16.5. The number of aliphatic hydroxyl groups is 2. The van der Waals surface area contributed by atoms with Crippen molar-refractivity contribution < 1.29 is 24.5 Å². The molecule has 2 unspecified atom stereocenters. The van der Waals surface area contributed by atoms with Gasteiger partial charge in [0.2, 0.25) is 5.91 Å². The van der Waals surface area contributed by atoms with E-state index in [0.717, 1.165) is 44.9 Å². The molecule has 0 rings (SSSR count). The van der Waals surface area contributed by atoms with E-state index in [-0.39, 0.29) is 18.5 Å². The Hall–Kier alpha value is -1.66. The molecule has 77 heavy (non-hydrogen) atoms. The van der Waals surface area contributed by atoms with Crippen molar-refractivity contribution in [3.63, 3.8) is 0 Å². The molecule has 0 aromatic carbocycles. The second kappa shape index (κ2) is 66.8. The molecule has 0 aromatic heterocycles. The molecule has 0 bridgehead atoms. The van der Waals surface area contributed by atoms with Gasteiger partial charge in [-0.25, -0.2) is 0 Å². The molecule has 6 nitrogen and oxygen atoms in total. The molecule has 0 aliphatic carbocycles. The molecule has 0 radical (unpaired) electrons. The van der Waals surface area contributed by atoms with Crippen molar-refractivity contribution in [1.82, 2.24) is 5.32 Å². The molecular weight excluding hydrogens is 947 g/mol. The number of aliphatic hydroxyl groups excluding tert-OH is 2. The van der Waals surface area contributed by atoms with E-state index in [1.165, 1.54) is 315 Å². The van der Waals surface area contributed by atoms with E-state index in [1.54, 1.807) is 0 Å². The van der Waals surface area contributed by atoms with Crippen molar-refractivity contribution in [3.8, 4) is 0 Å². The van der Waals surface area contributed by atoms with Crippen LogP contribution >= 0.6 is 0 Å². The second-order valence-corrected chi connectivity index (χ2v) is 24.2. The number of rotatable bonds is 66. The van der Waals surface area contributed by atoms with Gasteiger partial charge >= 0.3 is 5.97 Å². The second-order valence-electron chi connectivity index (χ2n) is 24.2. The van der Waals surface area contributed by atoms with Crippen LogP contribution in [0.4, 0.5) is 0 Å². The molecule has 0 aliphatic heterocycles. The van der Waals surface area contributed by atoms with Crippen LogP contribution in [0.5, 0.6) is 0 Å². The molecule has 0 aliphatic rings. The Morgan fingerprint density at radius 2 is 0.610 bits per heavy atom. The van der Waals surface area contributed by atoms with Gasteiger partial charge in [0.25, 0.3) is 0 Å². The van der Waals surface area contributed by atoms with E-state index < -0.39 is 12.1 Å². The monoisotopic (exact) mass is 1080 g/mol. The minimum absolute atomic E-state index is 0.0122. The summed E-state index contributed by atoms with van der Waals surface area (Å²) in [7, 11) is 0. The number of hydrogen-bond donors (Lipinski definition) is 3. The van der Waals surface area contributed by atoms with Crippen LogP contribution in [-0.2, 0) is 14.3 Å². The van der Waals surface area contributed by atoms with Crippen molar-refractivity contribution in [1.29, 1.82) is 0 Å². The molecule has 6 heteroatoms. The Kier molecular flexibility index (Phi) is 65.4. The molecule has 0 spiro atoms. The Balaban J connectivity index is 3.37. The summed E-state index contributed by atoms with van der Waals surface area (Å²) in [6, 6.07) is -0.543. The zero-order valence-corrected chi connectivity index (χ0v) is 52.2. The fourth-order valence-electron chi connectivity index (χ4n) is 11.1. The lowest BCUT2D eigenvalue weighted by Crippen LogP contribution is -2.45. The van der Waals surface area contributed by atoms with Crippen LogP contribution in [0.3, 0.4) is 0 Å². The van der Waals surface area contributed by atoms with Gasteiger partial charge in [-0.15, -0.1) is 0 Å². The van der Waals surface area contributed by atoms with Crippen molar-refractivity contribution in [2.75, 3.05) is 13.2 Å². The Morgan fingerprint density at radius 1 is 0.351 bits per heavy atom. The van der Waals surface area contributed by atoms with Crippen LogP contribution in [0.2, 0.25) is 0 Å². The summed E-state index contributed by atoms with van der Waals surface area (Å²) >= 11 is 0. The average molecular weight is 1080 g/mol. The highest BCUT2D eigenvalue weighted by Gasteiger charge is 2.20. The van der Waals surface area contributed by atoms with Crippen LogP contribution in [0.25, 0.3) is 0 Å². The zero-order valence-electron chi connectivity index (χ0n) is 52.2. The summed E-state index contributed by atoms with van der Waals surface area (Å²) in [5.74, 6) is -0.0216. The number of allylic oxidation sites excluding steroid dienone is 4. The van der Waals surface area contributed by atoms with Gasteiger partial charge < -0.3 is 20.3 Å². The molecule has 1 amide bonds. The molecule has 2 atom stereocenters. The Labute approximate surface area is 481 Å². The summed E-state index contributed by atoms with van der Waals surface area (Å²) < 4.78 is 5.50. The first kappa shape index (κ1) is 75.3. The van der Waals surface area contributed by atoms with E-state index in [2.05, 4.69) is 43.5 Å². The van der Waals surface area contributed by atoms with Crippen LogP contribution in [-0.4, -0.2) is 47.4 Å². The van der Waals surface area contributed by atoms with Gasteiger partial charge in [-0.2, -0.15) is 0 Å². The first-order valence-electron chi connectivity index (χ1n) is 35.1. The standard InChI is InChI=1S/C71H137NO5/c1-3-5-7-9-11-13-15-17-19-21-33-37-41-45-49-53-57-61-65-71(76)77-66-62-58-54-50-46-42-38-34-31-29-27-25-23-22-24-26-28-30-32-36-40-44-48-52-56-60-64-70(75)72-68(67-73)69(74)63-59-55-51-47-43-39-35-20-18-16-14-12-10-8-6-4-2/h19,21-22,24,68-69,73-74H,3-18,20,23,25-67H2,1-2H3,(H,72,75)/b21-19-,24-22-. The molecule has 456 valence electrons. The third kappa shape index (κ3) is 63.4. The van der Waals surface area contributed by atoms with Crippen LogP contribution in [0.1, 0.15) is 393 Å². The van der Waals surface area contributed by atoms with E-state index >= 15 is 0 Å². The highest BCUT2D eigenvalue weighted by molar-refractivity contribution is 5.76. The van der Waals surface area contributed by atoms with Gasteiger partial charge in [0, 0.05) is 12.8 Å². The fourth-order valence-corrected chi connectivity index (χ4v) is 11.1. The fraction of sp³-hybridized carbons (Fsp3) is 0.915. The summed E-state index contributed by atoms with van der Waals surface area (Å²) in [4.78, 5) is 24.6. The Morgan fingerprint density at radius 3 is 0.922 bits per heavy atom. The smallest absolute Gasteiger partial charge is 0.305 e. The van der Waals surface area contributed by atoms with Crippen molar-refractivity contribution in [3.05, 3.63) is 24.3 Å². The zero-order chi connectivity index (χ0) is 55.7. The van der Waals surface area contributed by atoms with Gasteiger partial charge in [0.05, 0.1) is 25.4 Å².